The van der Waals surface area contributed by atoms with E-state index in [1.807, 2.05) is 6.07 Å². The highest BCUT2D eigenvalue weighted by atomic mass is 15.1. The van der Waals surface area contributed by atoms with Crippen molar-refractivity contribution >= 4 is 11.6 Å². The Labute approximate surface area is 109 Å². The van der Waals surface area contributed by atoms with Crippen molar-refractivity contribution < 1.29 is 0 Å². The summed E-state index contributed by atoms with van der Waals surface area (Å²) in [4.78, 5) is 11.3. The average molecular weight is 249 g/mol. The van der Waals surface area contributed by atoms with Crippen LogP contribution in [0.1, 0.15) is 31.5 Å². The van der Waals surface area contributed by atoms with Gasteiger partial charge in [0.15, 0.2) is 0 Å². The lowest BCUT2D eigenvalue weighted by Gasteiger charge is -2.12. The normalized spacial score (nSPS) is 14.9. The average Bonchev–Trinajstić information content (AvgIpc) is 3.12. The van der Waals surface area contributed by atoms with E-state index in [1.165, 1.54) is 12.8 Å². The highest BCUT2D eigenvalue weighted by Crippen LogP contribution is 2.38. The van der Waals surface area contributed by atoms with Gasteiger partial charge >= 0.3 is 0 Å². The van der Waals surface area contributed by atoms with E-state index < -0.39 is 0 Å². The summed E-state index contributed by atoms with van der Waals surface area (Å²) in [7, 11) is 4.14. The molecule has 0 amide bonds. The molecule has 2 N–H and O–H groups in total. The van der Waals surface area contributed by atoms with E-state index in [-0.39, 0.29) is 0 Å². The number of aromatic nitrogens is 2. The Morgan fingerprint density at radius 1 is 1.22 bits per heavy atom. The van der Waals surface area contributed by atoms with Gasteiger partial charge in [-0.1, -0.05) is 0 Å². The van der Waals surface area contributed by atoms with Crippen LogP contribution in [-0.4, -0.2) is 48.6 Å². The van der Waals surface area contributed by atoms with Gasteiger partial charge in [-0.3, -0.25) is 0 Å². The molecule has 1 fully saturated rings. The van der Waals surface area contributed by atoms with E-state index in [1.54, 1.807) is 0 Å². The predicted octanol–water partition coefficient (Wildman–Crippen LogP) is 1.76. The first-order valence-corrected chi connectivity index (χ1v) is 6.70. The van der Waals surface area contributed by atoms with E-state index in [0.29, 0.717) is 5.92 Å². The summed E-state index contributed by atoms with van der Waals surface area (Å²) in [6.07, 6.45) is 2.46. The molecule has 1 aliphatic rings. The molecular weight excluding hydrogens is 226 g/mol. The molecule has 0 spiro atoms. The molecule has 0 radical (unpaired) electrons. The van der Waals surface area contributed by atoms with E-state index in [2.05, 4.69) is 46.5 Å². The molecule has 0 unspecified atom stereocenters. The summed E-state index contributed by atoms with van der Waals surface area (Å²) in [5.41, 5.74) is 0. The summed E-state index contributed by atoms with van der Waals surface area (Å²) in [5, 5.41) is 6.63. The minimum atomic E-state index is 0.581. The summed E-state index contributed by atoms with van der Waals surface area (Å²) < 4.78 is 0. The predicted molar refractivity (Wildman–Crippen MR) is 75.2 cm³/mol. The van der Waals surface area contributed by atoms with Crippen molar-refractivity contribution in [1.82, 2.24) is 14.9 Å². The molecule has 0 saturated heterocycles. The number of anilines is 2. The van der Waals surface area contributed by atoms with Crippen LogP contribution >= 0.6 is 0 Å². The third-order valence-electron chi connectivity index (χ3n) is 2.91. The lowest BCUT2D eigenvalue weighted by molar-refractivity contribution is 0.425. The molecule has 2 rings (SSSR count). The molecule has 1 aromatic rings. The Bertz CT molecular complexity index is 387. The van der Waals surface area contributed by atoms with E-state index in [9.17, 15) is 0 Å². The van der Waals surface area contributed by atoms with Crippen LogP contribution in [0.5, 0.6) is 0 Å². The maximum atomic E-state index is 4.59. The van der Waals surface area contributed by atoms with Crippen LogP contribution in [-0.2, 0) is 0 Å². The van der Waals surface area contributed by atoms with Crippen molar-refractivity contribution in [1.29, 1.82) is 0 Å². The topological polar surface area (TPSA) is 53.1 Å². The molecule has 0 aromatic carbocycles. The molecule has 5 nitrogen and oxygen atoms in total. The van der Waals surface area contributed by atoms with E-state index in [4.69, 9.17) is 0 Å². The second-order valence-corrected chi connectivity index (χ2v) is 5.03. The van der Waals surface area contributed by atoms with Crippen molar-refractivity contribution in [2.24, 2.45) is 0 Å². The van der Waals surface area contributed by atoms with Gasteiger partial charge in [-0.25, -0.2) is 9.97 Å². The highest BCUT2D eigenvalue weighted by Gasteiger charge is 2.27. The van der Waals surface area contributed by atoms with Crippen LogP contribution in [0, 0.1) is 0 Å². The van der Waals surface area contributed by atoms with Gasteiger partial charge in [0.1, 0.15) is 17.5 Å². The smallest absolute Gasteiger partial charge is 0.136 e. The molecule has 0 bridgehead atoms. The number of nitrogens with one attached hydrogen (secondary N) is 2. The monoisotopic (exact) mass is 249 g/mol. The Hall–Kier alpha value is -1.36. The standard InChI is InChI=1S/C13H23N5/c1-4-14-11-9-12(15-7-8-18(2)3)17-13(16-11)10-5-6-10/h9-10H,4-8H2,1-3H3,(H2,14,15,16,17). The zero-order valence-electron chi connectivity index (χ0n) is 11.5. The van der Waals surface area contributed by atoms with Gasteiger partial charge < -0.3 is 15.5 Å². The van der Waals surface area contributed by atoms with Gasteiger partial charge in [0, 0.05) is 31.6 Å². The molecule has 1 heterocycles. The Morgan fingerprint density at radius 2 is 1.89 bits per heavy atom. The van der Waals surface area contributed by atoms with Gasteiger partial charge in [-0.05, 0) is 33.9 Å². The van der Waals surface area contributed by atoms with Crippen LogP contribution in [0.3, 0.4) is 0 Å². The summed E-state index contributed by atoms with van der Waals surface area (Å²) >= 11 is 0. The molecule has 0 atom stereocenters. The first-order chi connectivity index (χ1) is 8.69. The van der Waals surface area contributed by atoms with Crippen LogP contribution in [0.4, 0.5) is 11.6 Å². The first kappa shape index (κ1) is 13.1. The summed E-state index contributed by atoms with van der Waals surface area (Å²) in [5.74, 6) is 3.44. The zero-order valence-corrected chi connectivity index (χ0v) is 11.5. The molecule has 0 aliphatic heterocycles. The van der Waals surface area contributed by atoms with Crippen molar-refractivity contribution in [3.8, 4) is 0 Å². The van der Waals surface area contributed by atoms with Crippen molar-refractivity contribution in [2.75, 3.05) is 44.4 Å². The highest BCUT2D eigenvalue weighted by molar-refractivity contribution is 5.48. The molecule has 1 saturated carbocycles. The number of hydrogen-bond acceptors (Lipinski definition) is 5. The fraction of sp³-hybridized carbons (Fsp3) is 0.692. The van der Waals surface area contributed by atoms with Crippen molar-refractivity contribution in [3.05, 3.63) is 11.9 Å². The van der Waals surface area contributed by atoms with E-state index >= 15 is 0 Å². The number of nitrogens with zero attached hydrogens (tertiary/aromatic N) is 3. The maximum absolute atomic E-state index is 4.59. The van der Waals surface area contributed by atoms with Crippen LogP contribution in [0.2, 0.25) is 0 Å². The fourth-order valence-corrected chi connectivity index (χ4v) is 1.76. The van der Waals surface area contributed by atoms with Gasteiger partial charge in [0.05, 0.1) is 0 Å². The molecule has 18 heavy (non-hydrogen) atoms. The van der Waals surface area contributed by atoms with Gasteiger partial charge in [-0.15, -0.1) is 0 Å². The van der Waals surface area contributed by atoms with Crippen LogP contribution < -0.4 is 10.6 Å². The molecule has 1 aromatic heterocycles. The Balaban J connectivity index is 2.02. The number of rotatable bonds is 7. The Morgan fingerprint density at radius 3 is 2.44 bits per heavy atom. The third-order valence-corrected chi connectivity index (χ3v) is 2.91. The molecule has 5 heteroatoms. The van der Waals surface area contributed by atoms with Crippen LogP contribution in [0.15, 0.2) is 6.07 Å². The lowest BCUT2D eigenvalue weighted by Crippen LogP contribution is -2.21. The molecule has 100 valence electrons. The molecule has 1 aliphatic carbocycles. The third kappa shape index (κ3) is 3.84. The molecular formula is C13H23N5. The minimum Gasteiger partial charge on any atom is -0.370 e. The minimum absolute atomic E-state index is 0.581. The maximum Gasteiger partial charge on any atom is 0.136 e. The second-order valence-electron chi connectivity index (χ2n) is 5.03. The SMILES string of the molecule is CCNc1cc(NCCN(C)C)nc(C2CC2)n1. The number of hydrogen-bond donors (Lipinski definition) is 2. The van der Waals surface area contributed by atoms with Crippen molar-refractivity contribution in [3.63, 3.8) is 0 Å². The van der Waals surface area contributed by atoms with Crippen molar-refractivity contribution in [2.45, 2.75) is 25.7 Å². The number of likely N-dealkylation sites (N-methyl/N-ethyl adjacent to an activating group) is 1. The Kier molecular flexibility index (Phi) is 4.36. The van der Waals surface area contributed by atoms with Gasteiger partial charge in [-0.2, -0.15) is 0 Å². The fourth-order valence-electron chi connectivity index (χ4n) is 1.76. The first-order valence-electron chi connectivity index (χ1n) is 6.70. The lowest BCUT2D eigenvalue weighted by atomic mass is 10.3. The van der Waals surface area contributed by atoms with E-state index in [0.717, 1.165) is 37.1 Å². The summed E-state index contributed by atoms with van der Waals surface area (Å²) in [6.45, 7) is 4.87. The van der Waals surface area contributed by atoms with Gasteiger partial charge in [0.25, 0.3) is 0 Å². The van der Waals surface area contributed by atoms with Crippen LogP contribution in [0.25, 0.3) is 0 Å². The second kappa shape index (κ2) is 6.00. The zero-order chi connectivity index (χ0) is 13.0. The quantitative estimate of drug-likeness (QED) is 0.771. The van der Waals surface area contributed by atoms with Gasteiger partial charge in [0.2, 0.25) is 0 Å². The summed E-state index contributed by atoms with van der Waals surface area (Å²) in [6, 6.07) is 1.99. The largest absolute Gasteiger partial charge is 0.370 e.